The standard InChI is InChI=1S/C18H17ClN4O2S/c1-13-5-4-6-14(11-13)12-20-17-9-10-18(22-21-17)23-26(24,25)16-8-3-2-7-15(16)19/h2-11H,12H2,1H3,(H,20,21)(H,22,23). The minimum Gasteiger partial charge on any atom is -0.365 e. The fourth-order valence-electron chi connectivity index (χ4n) is 2.35. The zero-order chi connectivity index (χ0) is 18.6. The van der Waals surface area contributed by atoms with Crippen LogP contribution in [0.5, 0.6) is 0 Å². The van der Waals surface area contributed by atoms with Crippen molar-refractivity contribution in [1.82, 2.24) is 10.2 Å². The van der Waals surface area contributed by atoms with E-state index in [0.717, 1.165) is 5.56 Å². The monoisotopic (exact) mass is 388 g/mol. The Bertz CT molecular complexity index is 1010. The molecular formula is C18H17ClN4O2S. The SMILES string of the molecule is Cc1cccc(CNc2ccc(NS(=O)(=O)c3ccccc3Cl)nn2)c1. The fourth-order valence-corrected chi connectivity index (χ4v) is 3.87. The van der Waals surface area contributed by atoms with Crippen LogP contribution in [0, 0.1) is 6.92 Å². The van der Waals surface area contributed by atoms with E-state index in [-0.39, 0.29) is 15.7 Å². The van der Waals surface area contributed by atoms with Crippen LogP contribution in [-0.4, -0.2) is 18.6 Å². The number of aromatic nitrogens is 2. The highest BCUT2D eigenvalue weighted by Crippen LogP contribution is 2.22. The minimum absolute atomic E-state index is 0.00915. The second kappa shape index (κ2) is 7.72. The number of nitrogens with one attached hydrogen (secondary N) is 2. The number of nitrogens with zero attached hydrogens (tertiary/aromatic N) is 2. The minimum atomic E-state index is -3.82. The van der Waals surface area contributed by atoms with Gasteiger partial charge < -0.3 is 5.32 Å². The molecule has 0 aliphatic carbocycles. The average Bonchev–Trinajstić information content (AvgIpc) is 2.61. The first kappa shape index (κ1) is 18.2. The summed E-state index contributed by atoms with van der Waals surface area (Å²) < 4.78 is 27.1. The van der Waals surface area contributed by atoms with Gasteiger partial charge in [0.2, 0.25) is 0 Å². The number of rotatable bonds is 6. The summed E-state index contributed by atoms with van der Waals surface area (Å²) >= 11 is 5.95. The third-order valence-corrected chi connectivity index (χ3v) is 5.44. The predicted molar refractivity (Wildman–Crippen MR) is 103 cm³/mol. The van der Waals surface area contributed by atoms with Crippen LogP contribution in [0.4, 0.5) is 11.6 Å². The molecule has 0 atom stereocenters. The van der Waals surface area contributed by atoms with Crippen molar-refractivity contribution in [2.75, 3.05) is 10.0 Å². The number of halogens is 1. The molecule has 0 unspecified atom stereocenters. The van der Waals surface area contributed by atoms with Gasteiger partial charge in [-0.3, -0.25) is 4.72 Å². The van der Waals surface area contributed by atoms with Gasteiger partial charge in [0.1, 0.15) is 10.7 Å². The van der Waals surface area contributed by atoms with Gasteiger partial charge in [-0.15, -0.1) is 10.2 Å². The van der Waals surface area contributed by atoms with Gasteiger partial charge in [0.25, 0.3) is 10.0 Å². The van der Waals surface area contributed by atoms with Gasteiger partial charge in [0.15, 0.2) is 5.82 Å². The maximum Gasteiger partial charge on any atom is 0.264 e. The molecule has 2 N–H and O–H groups in total. The molecule has 2 aromatic carbocycles. The van der Waals surface area contributed by atoms with Gasteiger partial charge in [-0.1, -0.05) is 53.6 Å². The molecule has 0 bridgehead atoms. The summed E-state index contributed by atoms with van der Waals surface area (Å²) in [6.07, 6.45) is 0. The highest BCUT2D eigenvalue weighted by molar-refractivity contribution is 7.92. The lowest BCUT2D eigenvalue weighted by Crippen LogP contribution is -2.15. The van der Waals surface area contributed by atoms with Crippen LogP contribution in [0.15, 0.2) is 65.6 Å². The van der Waals surface area contributed by atoms with Crippen molar-refractivity contribution >= 4 is 33.3 Å². The van der Waals surface area contributed by atoms with Gasteiger partial charge in [-0.25, -0.2) is 8.42 Å². The van der Waals surface area contributed by atoms with Crippen LogP contribution in [0.25, 0.3) is 0 Å². The first-order valence-corrected chi connectivity index (χ1v) is 9.71. The molecule has 3 aromatic rings. The van der Waals surface area contributed by atoms with Crippen LogP contribution >= 0.6 is 11.6 Å². The third-order valence-electron chi connectivity index (χ3n) is 3.59. The summed E-state index contributed by atoms with van der Waals surface area (Å²) in [7, 11) is -3.82. The molecule has 26 heavy (non-hydrogen) atoms. The lowest BCUT2D eigenvalue weighted by Gasteiger charge is -2.09. The van der Waals surface area contributed by atoms with Gasteiger partial charge in [-0.2, -0.15) is 0 Å². The van der Waals surface area contributed by atoms with E-state index < -0.39 is 10.0 Å². The van der Waals surface area contributed by atoms with Crippen molar-refractivity contribution in [2.24, 2.45) is 0 Å². The molecule has 0 fully saturated rings. The summed E-state index contributed by atoms with van der Waals surface area (Å²) in [5.41, 5.74) is 2.30. The average molecular weight is 389 g/mol. The quantitative estimate of drug-likeness (QED) is 0.670. The normalized spacial score (nSPS) is 11.2. The van der Waals surface area contributed by atoms with Crippen LogP contribution in [0.2, 0.25) is 5.02 Å². The lowest BCUT2D eigenvalue weighted by atomic mass is 10.1. The van der Waals surface area contributed by atoms with E-state index in [2.05, 4.69) is 26.3 Å². The number of anilines is 2. The second-order valence-electron chi connectivity index (χ2n) is 5.68. The van der Waals surface area contributed by atoms with Crippen molar-refractivity contribution in [3.8, 4) is 0 Å². The van der Waals surface area contributed by atoms with Crippen LogP contribution in [0.1, 0.15) is 11.1 Å². The van der Waals surface area contributed by atoms with Crippen LogP contribution < -0.4 is 10.0 Å². The van der Waals surface area contributed by atoms with Gasteiger partial charge in [-0.05, 0) is 36.8 Å². The smallest absolute Gasteiger partial charge is 0.264 e. The molecule has 1 aromatic heterocycles. The maximum absolute atomic E-state index is 12.4. The highest BCUT2D eigenvalue weighted by Gasteiger charge is 2.18. The molecule has 0 radical (unpaired) electrons. The van der Waals surface area contributed by atoms with Gasteiger partial charge in [0, 0.05) is 6.54 Å². The highest BCUT2D eigenvalue weighted by atomic mass is 35.5. The summed E-state index contributed by atoms with van der Waals surface area (Å²) in [6.45, 7) is 2.63. The Morgan fingerprint density at radius 3 is 2.38 bits per heavy atom. The van der Waals surface area contributed by atoms with Crippen molar-refractivity contribution < 1.29 is 8.42 Å². The third kappa shape index (κ3) is 4.50. The first-order chi connectivity index (χ1) is 12.4. The molecule has 0 amide bonds. The molecule has 0 aliphatic rings. The Hall–Kier alpha value is -2.64. The number of benzene rings is 2. The van der Waals surface area contributed by atoms with Crippen molar-refractivity contribution in [2.45, 2.75) is 18.4 Å². The van der Waals surface area contributed by atoms with E-state index in [9.17, 15) is 8.42 Å². The van der Waals surface area contributed by atoms with Crippen molar-refractivity contribution in [1.29, 1.82) is 0 Å². The van der Waals surface area contributed by atoms with Crippen molar-refractivity contribution in [3.63, 3.8) is 0 Å². The molecule has 0 saturated heterocycles. The van der Waals surface area contributed by atoms with Gasteiger partial charge >= 0.3 is 0 Å². The molecule has 134 valence electrons. The largest absolute Gasteiger partial charge is 0.365 e. The molecule has 3 rings (SSSR count). The number of sulfonamides is 1. The van der Waals surface area contributed by atoms with Crippen LogP contribution in [0.3, 0.4) is 0 Å². The lowest BCUT2D eigenvalue weighted by molar-refractivity contribution is 0.601. The first-order valence-electron chi connectivity index (χ1n) is 7.84. The van der Waals surface area contributed by atoms with Crippen molar-refractivity contribution in [3.05, 3.63) is 76.8 Å². The number of hydrogen-bond donors (Lipinski definition) is 2. The topological polar surface area (TPSA) is 84.0 Å². The zero-order valence-electron chi connectivity index (χ0n) is 14.0. The number of aryl methyl sites for hydroxylation is 1. The number of hydrogen-bond acceptors (Lipinski definition) is 5. The Morgan fingerprint density at radius 1 is 0.962 bits per heavy atom. The predicted octanol–water partition coefficient (Wildman–Crippen LogP) is 3.85. The van der Waals surface area contributed by atoms with E-state index in [1.807, 2.05) is 25.1 Å². The Morgan fingerprint density at radius 2 is 1.69 bits per heavy atom. The van der Waals surface area contributed by atoms with E-state index in [1.165, 1.54) is 17.7 Å². The molecule has 0 saturated carbocycles. The molecule has 8 heteroatoms. The van der Waals surface area contributed by atoms with Gasteiger partial charge in [0.05, 0.1) is 5.02 Å². The Labute approximate surface area is 157 Å². The van der Waals surface area contributed by atoms with E-state index in [1.54, 1.807) is 24.3 Å². The summed E-state index contributed by atoms with van der Waals surface area (Å²) in [5.74, 6) is 0.665. The maximum atomic E-state index is 12.4. The van der Waals surface area contributed by atoms with E-state index >= 15 is 0 Å². The summed E-state index contributed by atoms with van der Waals surface area (Å²) in [4.78, 5) is -0.00915. The molecule has 0 spiro atoms. The fraction of sp³-hybridized carbons (Fsp3) is 0.111. The Kier molecular flexibility index (Phi) is 5.39. The van der Waals surface area contributed by atoms with Crippen LogP contribution in [-0.2, 0) is 16.6 Å². The Balaban J connectivity index is 1.67. The molecular weight excluding hydrogens is 372 g/mol. The molecule has 1 heterocycles. The molecule has 6 nitrogen and oxygen atoms in total. The zero-order valence-corrected chi connectivity index (χ0v) is 15.6. The second-order valence-corrected chi connectivity index (χ2v) is 7.74. The van der Waals surface area contributed by atoms with E-state index in [4.69, 9.17) is 11.6 Å². The summed E-state index contributed by atoms with van der Waals surface area (Å²) in [6, 6.07) is 17.5. The summed E-state index contributed by atoms with van der Waals surface area (Å²) in [5, 5.41) is 11.2. The van der Waals surface area contributed by atoms with E-state index in [0.29, 0.717) is 12.4 Å². The molecule has 0 aliphatic heterocycles.